The number of pyridine rings is 1. The summed E-state index contributed by atoms with van der Waals surface area (Å²) < 4.78 is 18.5. The normalized spacial score (nSPS) is 11.7. The third-order valence-corrected chi connectivity index (χ3v) is 4.25. The number of ether oxygens (including phenoxy) is 1. The van der Waals surface area contributed by atoms with Crippen molar-refractivity contribution in [1.29, 1.82) is 0 Å². The van der Waals surface area contributed by atoms with Crippen molar-refractivity contribution in [3.8, 4) is 5.75 Å². The van der Waals surface area contributed by atoms with Gasteiger partial charge in [-0.05, 0) is 41.5 Å². The highest BCUT2D eigenvalue weighted by Crippen LogP contribution is 2.25. The Labute approximate surface area is 155 Å². The molecule has 1 unspecified atom stereocenters. The Balaban J connectivity index is 1.95. The van der Waals surface area contributed by atoms with E-state index in [4.69, 9.17) is 16.3 Å². The van der Waals surface area contributed by atoms with E-state index < -0.39 is 6.04 Å². The molecule has 0 fully saturated rings. The van der Waals surface area contributed by atoms with Gasteiger partial charge < -0.3 is 10.1 Å². The Morgan fingerprint density at radius 3 is 2.27 bits per heavy atom. The lowest BCUT2D eigenvalue weighted by Crippen LogP contribution is -2.29. The van der Waals surface area contributed by atoms with E-state index in [0.29, 0.717) is 11.3 Å². The van der Waals surface area contributed by atoms with Gasteiger partial charge in [0.05, 0.1) is 23.7 Å². The average molecular weight is 371 g/mol. The number of nitrogens with one attached hydrogen (secondary N) is 1. The third-order valence-electron chi connectivity index (χ3n) is 3.94. The molecule has 1 heterocycles. The smallest absolute Gasteiger partial charge is 0.253 e. The van der Waals surface area contributed by atoms with Crippen LogP contribution in [0.1, 0.15) is 27.5 Å². The molecule has 3 aromatic rings. The topological polar surface area (TPSA) is 51.2 Å². The molecule has 0 aliphatic heterocycles. The molecule has 2 aromatic carbocycles. The lowest BCUT2D eigenvalue weighted by Gasteiger charge is -2.20. The fraction of sp³-hybridized carbons (Fsp3) is 0.100. The van der Waals surface area contributed by atoms with Crippen molar-refractivity contribution in [2.24, 2.45) is 0 Å². The van der Waals surface area contributed by atoms with E-state index >= 15 is 0 Å². The molecule has 0 saturated heterocycles. The van der Waals surface area contributed by atoms with Gasteiger partial charge in [-0.1, -0.05) is 35.9 Å². The Kier molecular flexibility index (Phi) is 5.49. The van der Waals surface area contributed by atoms with Gasteiger partial charge in [-0.25, -0.2) is 4.39 Å². The lowest BCUT2D eigenvalue weighted by atomic mass is 9.98. The Morgan fingerprint density at radius 1 is 1.08 bits per heavy atom. The Hall–Kier alpha value is -2.92. The van der Waals surface area contributed by atoms with Crippen molar-refractivity contribution in [3.05, 3.63) is 94.5 Å². The summed E-state index contributed by atoms with van der Waals surface area (Å²) >= 11 is 6.07. The number of hydrogen-bond acceptors (Lipinski definition) is 3. The molecule has 6 heteroatoms. The molecule has 1 N–H and O–H groups in total. The molecular weight excluding hydrogens is 355 g/mol. The van der Waals surface area contributed by atoms with Crippen molar-refractivity contribution >= 4 is 17.5 Å². The number of rotatable bonds is 5. The minimum absolute atomic E-state index is 0.262. The zero-order chi connectivity index (χ0) is 18.5. The van der Waals surface area contributed by atoms with Crippen LogP contribution in [0.4, 0.5) is 4.39 Å². The van der Waals surface area contributed by atoms with E-state index in [1.165, 1.54) is 24.5 Å². The summed E-state index contributed by atoms with van der Waals surface area (Å²) in [6, 6.07) is 14.4. The van der Waals surface area contributed by atoms with Gasteiger partial charge in [0, 0.05) is 12.4 Å². The Morgan fingerprint density at radius 2 is 1.69 bits per heavy atom. The molecule has 3 rings (SSSR count). The van der Waals surface area contributed by atoms with Crippen LogP contribution in [0.2, 0.25) is 5.02 Å². The SMILES string of the molecule is COc1ccc(C(NC(=O)c2ccncc2Cl)c2ccc(F)cc2)cc1. The predicted molar refractivity (Wildman–Crippen MR) is 98.0 cm³/mol. The molecule has 4 nitrogen and oxygen atoms in total. The first kappa shape index (κ1) is 17.9. The van der Waals surface area contributed by atoms with Crippen LogP contribution in [0.3, 0.4) is 0 Å². The number of benzene rings is 2. The highest BCUT2D eigenvalue weighted by molar-refractivity contribution is 6.33. The van der Waals surface area contributed by atoms with Gasteiger partial charge in [0.1, 0.15) is 11.6 Å². The molecular formula is C20H16ClFN2O2. The molecule has 1 aromatic heterocycles. The number of aromatic nitrogens is 1. The first-order valence-corrected chi connectivity index (χ1v) is 8.26. The van der Waals surface area contributed by atoms with Crippen molar-refractivity contribution in [2.45, 2.75) is 6.04 Å². The third kappa shape index (κ3) is 4.00. The number of carbonyl (C=O) groups excluding carboxylic acids is 1. The monoisotopic (exact) mass is 370 g/mol. The first-order valence-electron chi connectivity index (χ1n) is 7.88. The standard InChI is InChI=1S/C20H16ClFN2O2/c1-26-16-8-4-14(5-9-16)19(13-2-6-15(22)7-3-13)24-20(25)17-10-11-23-12-18(17)21/h2-12,19H,1H3,(H,24,25). The van der Waals surface area contributed by atoms with E-state index in [-0.39, 0.29) is 16.7 Å². The maximum Gasteiger partial charge on any atom is 0.253 e. The van der Waals surface area contributed by atoms with Crippen molar-refractivity contribution < 1.29 is 13.9 Å². The minimum atomic E-state index is -0.474. The molecule has 0 spiro atoms. The maximum absolute atomic E-state index is 13.3. The molecule has 132 valence electrons. The Bertz CT molecular complexity index is 898. The fourth-order valence-electron chi connectivity index (χ4n) is 2.58. The van der Waals surface area contributed by atoms with Crippen molar-refractivity contribution in [3.63, 3.8) is 0 Å². The zero-order valence-corrected chi connectivity index (χ0v) is 14.7. The van der Waals surface area contributed by atoms with Crippen molar-refractivity contribution in [2.75, 3.05) is 7.11 Å². The van der Waals surface area contributed by atoms with E-state index in [1.54, 1.807) is 37.4 Å². The molecule has 0 aliphatic rings. The summed E-state index contributed by atoms with van der Waals surface area (Å²) in [6.45, 7) is 0. The van der Waals surface area contributed by atoms with Gasteiger partial charge in [0.25, 0.3) is 5.91 Å². The van der Waals surface area contributed by atoms with Crippen molar-refractivity contribution in [1.82, 2.24) is 10.3 Å². The molecule has 1 amide bonds. The number of methoxy groups -OCH3 is 1. The average Bonchev–Trinajstić information content (AvgIpc) is 2.67. The number of halogens is 2. The van der Waals surface area contributed by atoms with Crippen LogP contribution in [0.5, 0.6) is 5.75 Å². The van der Waals surface area contributed by atoms with Gasteiger partial charge in [0.2, 0.25) is 0 Å². The van der Waals surface area contributed by atoms with Crippen LogP contribution >= 0.6 is 11.6 Å². The second-order valence-electron chi connectivity index (χ2n) is 5.59. The molecule has 26 heavy (non-hydrogen) atoms. The molecule has 0 aliphatic carbocycles. The lowest BCUT2D eigenvalue weighted by molar-refractivity contribution is 0.0943. The number of nitrogens with zero attached hydrogens (tertiary/aromatic N) is 1. The van der Waals surface area contributed by atoms with Crippen LogP contribution in [-0.2, 0) is 0 Å². The first-order chi connectivity index (χ1) is 12.6. The van der Waals surface area contributed by atoms with Crippen LogP contribution < -0.4 is 10.1 Å². The largest absolute Gasteiger partial charge is 0.497 e. The number of hydrogen-bond donors (Lipinski definition) is 1. The zero-order valence-electron chi connectivity index (χ0n) is 13.9. The maximum atomic E-state index is 13.3. The minimum Gasteiger partial charge on any atom is -0.497 e. The molecule has 0 bridgehead atoms. The van der Waals surface area contributed by atoms with Gasteiger partial charge >= 0.3 is 0 Å². The van der Waals surface area contributed by atoms with E-state index in [9.17, 15) is 9.18 Å². The second-order valence-corrected chi connectivity index (χ2v) is 5.99. The molecule has 0 radical (unpaired) electrons. The second kappa shape index (κ2) is 7.97. The van der Waals surface area contributed by atoms with E-state index in [0.717, 1.165) is 11.1 Å². The van der Waals surface area contributed by atoms with Gasteiger partial charge in [-0.3, -0.25) is 9.78 Å². The summed E-state index contributed by atoms with van der Waals surface area (Å²) in [5.41, 5.74) is 1.90. The number of carbonyl (C=O) groups is 1. The summed E-state index contributed by atoms with van der Waals surface area (Å²) in [5, 5.41) is 3.21. The quantitative estimate of drug-likeness (QED) is 0.724. The predicted octanol–water partition coefficient (Wildman–Crippen LogP) is 4.40. The van der Waals surface area contributed by atoms with Crippen LogP contribution in [0, 0.1) is 5.82 Å². The molecule has 0 saturated carbocycles. The summed E-state index contributed by atoms with van der Waals surface area (Å²) in [5.74, 6) is 0.0170. The van der Waals surface area contributed by atoms with Crippen LogP contribution in [-0.4, -0.2) is 18.0 Å². The van der Waals surface area contributed by atoms with E-state index in [2.05, 4.69) is 10.3 Å². The summed E-state index contributed by atoms with van der Waals surface area (Å²) in [7, 11) is 1.58. The highest BCUT2D eigenvalue weighted by Gasteiger charge is 2.19. The van der Waals surface area contributed by atoms with E-state index in [1.807, 2.05) is 12.1 Å². The summed E-state index contributed by atoms with van der Waals surface area (Å²) in [6.07, 6.45) is 2.91. The van der Waals surface area contributed by atoms with Gasteiger partial charge in [0.15, 0.2) is 0 Å². The number of amides is 1. The highest BCUT2D eigenvalue weighted by atomic mass is 35.5. The van der Waals surface area contributed by atoms with Gasteiger partial charge in [-0.2, -0.15) is 0 Å². The molecule has 1 atom stereocenters. The van der Waals surface area contributed by atoms with Gasteiger partial charge in [-0.15, -0.1) is 0 Å². The summed E-state index contributed by atoms with van der Waals surface area (Å²) in [4.78, 5) is 16.6. The van der Waals surface area contributed by atoms with Crippen LogP contribution in [0.25, 0.3) is 0 Å². The van der Waals surface area contributed by atoms with Crippen LogP contribution in [0.15, 0.2) is 67.0 Å². The fourth-order valence-corrected chi connectivity index (χ4v) is 2.78.